The van der Waals surface area contributed by atoms with E-state index < -0.39 is 11.9 Å². The van der Waals surface area contributed by atoms with Gasteiger partial charge in [-0.2, -0.15) is 0 Å². The Balaban J connectivity index is 0.000000534. The Morgan fingerprint density at radius 3 is 2.03 bits per heavy atom. The van der Waals surface area contributed by atoms with Crippen molar-refractivity contribution in [3.05, 3.63) is 60.2 Å². The highest BCUT2D eigenvalue weighted by Crippen LogP contribution is 2.22. The van der Waals surface area contributed by atoms with Crippen molar-refractivity contribution < 1.29 is 29.3 Å². The number of para-hydroxylation sites is 1. The van der Waals surface area contributed by atoms with Crippen LogP contribution in [0, 0.1) is 5.92 Å². The lowest BCUT2D eigenvalue weighted by molar-refractivity contribution is -0.159. The van der Waals surface area contributed by atoms with Gasteiger partial charge in [0.05, 0.1) is 0 Å². The number of carbonyl (C=O) groups is 3. The minimum Gasteiger partial charge on any atom is -0.473 e. The molecular weight excluding hydrogens is 412 g/mol. The largest absolute Gasteiger partial charge is 0.473 e. The Bertz CT molecular complexity index is 880. The van der Waals surface area contributed by atoms with Gasteiger partial charge in [-0.25, -0.2) is 9.59 Å². The van der Waals surface area contributed by atoms with Crippen LogP contribution in [0.3, 0.4) is 0 Å². The predicted molar refractivity (Wildman–Crippen MR) is 120 cm³/mol. The first kappa shape index (κ1) is 24.9. The summed E-state index contributed by atoms with van der Waals surface area (Å²) in [5, 5.41) is 14.8. The predicted octanol–water partition coefficient (Wildman–Crippen LogP) is 3.32. The summed E-state index contributed by atoms with van der Waals surface area (Å²) in [6.45, 7) is 8.58. The fourth-order valence-electron chi connectivity index (χ4n) is 3.22. The number of rotatable bonds is 6. The van der Waals surface area contributed by atoms with E-state index in [0.29, 0.717) is 12.3 Å². The number of piperazine rings is 1. The molecule has 8 nitrogen and oxygen atoms in total. The Morgan fingerprint density at radius 1 is 0.875 bits per heavy atom. The zero-order valence-corrected chi connectivity index (χ0v) is 18.4. The molecule has 2 aromatic carbocycles. The number of aliphatic carboxylic acids is 2. The van der Waals surface area contributed by atoms with Crippen LogP contribution in [0.15, 0.2) is 54.6 Å². The van der Waals surface area contributed by atoms with E-state index in [2.05, 4.69) is 30.9 Å². The molecule has 32 heavy (non-hydrogen) atoms. The summed E-state index contributed by atoms with van der Waals surface area (Å²) in [6, 6.07) is 18.1. The first-order valence-electron chi connectivity index (χ1n) is 10.5. The Kier molecular flexibility index (Phi) is 9.69. The molecule has 1 fully saturated rings. The maximum atomic E-state index is 12.2. The van der Waals surface area contributed by atoms with Gasteiger partial charge in [-0.05, 0) is 35.7 Å². The van der Waals surface area contributed by atoms with Crippen molar-refractivity contribution in [1.29, 1.82) is 0 Å². The van der Waals surface area contributed by atoms with Crippen LogP contribution in [0.1, 0.15) is 25.8 Å². The molecule has 0 atom stereocenters. The molecule has 8 heteroatoms. The summed E-state index contributed by atoms with van der Waals surface area (Å²) in [5.74, 6) is -1.22. The molecule has 172 valence electrons. The third-order valence-corrected chi connectivity index (χ3v) is 4.77. The van der Waals surface area contributed by atoms with E-state index in [1.54, 1.807) is 0 Å². The van der Waals surface area contributed by atoms with Crippen molar-refractivity contribution in [2.45, 2.75) is 26.8 Å². The summed E-state index contributed by atoms with van der Waals surface area (Å²) in [7, 11) is 0. The Hall–Kier alpha value is -3.39. The number of carboxylic acid groups (broad SMARTS) is 2. The third-order valence-electron chi connectivity index (χ3n) is 4.77. The monoisotopic (exact) mass is 442 g/mol. The second kappa shape index (κ2) is 12.5. The zero-order chi connectivity index (χ0) is 23.5. The van der Waals surface area contributed by atoms with Gasteiger partial charge < -0.3 is 19.8 Å². The Morgan fingerprint density at radius 2 is 1.47 bits per heavy atom. The van der Waals surface area contributed by atoms with Gasteiger partial charge >= 0.3 is 11.9 Å². The second-order valence-corrected chi connectivity index (χ2v) is 7.93. The van der Waals surface area contributed by atoms with Crippen molar-refractivity contribution >= 4 is 17.8 Å². The van der Waals surface area contributed by atoms with E-state index in [1.165, 1.54) is 5.56 Å². The average Bonchev–Trinajstić information content (AvgIpc) is 2.75. The fourth-order valence-corrected chi connectivity index (χ4v) is 3.22. The molecule has 1 amide bonds. The van der Waals surface area contributed by atoms with E-state index >= 15 is 0 Å². The van der Waals surface area contributed by atoms with Gasteiger partial charge in [-0.1, -0.05) is 44.2 Å². The number of benzene rings is 2. The van der Waals surface area contributed by atoms with Crippen LogP contribution in [-0.4, -0.2) is 64.0 Å². The molecule has 1 aliphatic rings. The van der Waals surface area contributed by atoms with Crippen molar-refractivity contribution in [1.82, 2.24) is 9.80 Å². The van der Waals surface area contributed by atoms with Crippen molar-refractivity contribution in [3.63, 3.8) is 0 Å². The summed E-state index contributed by atoms with van der Waals surface area (Å²) in [5.41, 5.74) is 1.24. The van der Waals surface area contributed by atoms with Crippen LogP contribution in [0.4, 0.5) is 0 Å². The number of hydrogen-bond acceptors (Lipinski definition) is 5. The molecule has 0 bridgehead atoms. The van der Waals surface area contributed by atoms with Gasteiger partial charge in [0, 0.05) is 39.1 Å². The number of carbonyl (C=O) groups excluding carboxylic acids is 1. The molecule has 2 aromatic rings. The number of carboxylic acids is 2. The smallest absolute Gasteiger partial charge is 0.414 e. The van der Waals surface area contributed by atoms with Gasteiger partial charge in [-0.3, -0.25) is 9.69 Å². The van der Waals surface area contributed by atoms with E-state index in [-0.39, 0.29) is 5.91 Å². The first-order chi connectivity index (χ1) is 15.2. The summed E-state index contributed by atoms with van der Waals surface area (Å²) < 4.78 is 5.92. The van der Waals surface area contributed by atoms with Crippen LogP contribution in [0.25, 0.3) is 0 Å². The molecule has 0 radical (unpaired) electrons. The van der Waals surface area contributed by atoms with E-state index in [0.717, 1.165) is 44.2 Å². The molecule has 1 saturated heterocycles. The van der Waals surface area contributed by atoms with Crippen LogP contribution >= 0.6 is 0 Å². The Labute approximate surface area is 188 Å². The summed E-state index contributed by atoms with van der Waals surface area (Å²) >= 11 is 0. The molecular formula is C24H30N2O6. The first-order valence-corrected chi connectivity index (χ1v) is 10.5. The molecule has 1 heterocycles. The minimum absolute atomic E-state index is 0.290. The van der Waals surface area contributed by atoms with E-state index in [1.807, 2.05) is 47.4 Å². The van der Waals surface area contributed by atoms with Gasteiger partial charge in [0.1, 0.15) is 11.5 Å². The molecule has 1 aliphatic heterocycles. The highest BCUT2D eigenvalue weighted by molar-refractivity contribution is 6.27. The highest BCUT2D eigenvalue weighted by Gasteiger charge is 2.21. The van der Waals surface area contributed by atoms with E-state index in [4.69, 9.17) is 24.5 Å². The van der Waals surface area contributed by atoms with Crippen LogP contribution < -0.4 is 4.74 Å². The fraction of sp³-hybridized carbons (Fsp3) is 0.375. The van der Waals surface area contributed by atoms with Crippen LogP contribution in [0.5, 0.6) is 11.5 Å². The topological polar surface area (TPSA) is 107 Å². The standard InChI is InChI=1S/C22H28N2O2.C2H2O4/c1-18(2)15-22(25)24-13-11-23(12-14-24)17-19-7-6-10-21(16-19)26-20-8-4-3-5-9-20;3-1(4)2(5)6/h3-10,16,18H,11-15,17H2,1-2H3;(H,3,4)(H,5,6). The molecule has 0 saturated carbocycles. The second-order valence-electron chi connectivity index (χ2n) is 7.93. The van der Waals surface area contributed by atoms with Crippen molar-refractivity contribution in [2.75, 3.05) is 26.2 Å². The number of nitrogens with zero attached hydrogens (tertiary/aromatic N) is 2. The lowest BCUT2D eigenvalue weighted by Crippen LogP contribution is -2.48. The molecule has 0 aromatic heterocycles. The van der Waals surface area contributed by atoms with Crippen LogP contribution in [-0.2, 0) is 20.9 Å². The summed E-state index contributed by atoms with van der Waals surface area (Å²) in [6.07, 6.45) is 0.652. The lowest BCUT2D eigenvalue weighted by atomic mass is 10.1. The number of ether oxygens (including phenoxy) is 1. The minimum atomic E-state index is -1.82. The molecule has 0 spiro atoms. The molecule has 0 aliphatic carbocycles. The van der Waals surface area contributed by atoms with E-state index in [9.17, 15) is 4.79 Å². The highest BCUT2D eigenvalue weighted by atomic mass is 16.5. The van der Waals surface area contributed by atoms with Crippen LogP contribution in [0.2, 0.25) is 0 Å². The molecule has 0 unspecified atom stereocenters. The van der Waals surface area contributed by atoms with Crippen molar-refractivity contribution in [2.24, 2.45) is 5.92 Å². The maximum Gasteiger partial charge on any atom is 0.414 e. The number of hydrogen-bond donors (Lipinski definition) is 2. The SMILES string of the molecule is CC(C)CC(=O)N1CCN(Cc2cccc(Oc3ccccc3)c2)CC1.O=C(O)C(=O)O. The van der Waals surface area contributed by atoms with Gasteiger partial charge in [0.2, 0.25) is 5.91 Å². The molecule has 3 rings (SSSR count). The summed E-state index contributed by atoms with van der Waals surface area (Å²) in [4.78, 5) is 34.8. The van der Waals surface area contributed by atoms with Crippen molar-refractivity contribution in [3.8, 4) is 11.5 Å². The third kappa shape index (κ3) is 8.77. The zero-order valence-electron chi connectivity index (χ0n) is 18.4. The van der Waals surface area contributed by atoms with Gasteiger partial charge in [-0.15, -0.1) is 0 Å². The van der Waals surface area contributed by atoms with Gasteiger partial charge in [0.25, 0.3) is 0 Å². The number of amides is 1. The lowest BCUT2D eigenvalue weighted by Gasteiger charge is -2.35. The normalized spacial score (nSPS) is 13.8. The quantitative estimate of drug-likeness (QED) is 0.661. The molecule has 2 N–H and O–H groups in total. The average molecular weight is 443 g/mol. The maximum absolute atomic E-state index is 12.2. The van der Waals surface area contributed by atoms with Gasteiger partial charge in [0.15, 0.2) is 0 Å².